The Balaban J connectivity index is 1.80. The van der Waals surface area contributed by atoms with E-state index in [1.807, 2.05) is 36.5 Å². The molecule has 0 radical (unpaired) electrons. The molecule has 0 fully saturated rings. The molecule has 0 saturated carbocycles. The molecule has 0 amide bonds. The van der Waals surface area contributed by atoms with Crippen molar-refractivity contribution in [1.82, 2.24) is 19.7 Å². The molecule has 2 aromatic heterocycles. The van der Waals surface area contributed by atoms with E-state index in [-0.39, 0.29) is 0 Å². The second-order valence-electron chi connectivity index (χ2n) is 3.85. The van der Waals surface area contributed by atoms with Crippen LogP contribution in [0.25, 0.3) is 5.69 Å². The number of rotatable bonds is 3. The van der Waals surface area contributed by atoms with Gasteiger partial charge in [-0.1, -0.05) is 11.6 Å². The summed E-state index contributed by atoms with van der Waals surface area (Å²) in [5.41, 5.74) is 1.92. The zero-order valence-electron chi connectivity index (χ0n) is 9.86. The summed E-state index contributed by atoms with van der Waals surface area (Å²) in [5.74, 6) is 0.659. The van der Waals surface area contributed by atoms with Gasteiger partial charge in [0.25, 0.3) is 0 Å². The van der Waals surface area contributed by atoms with Crippen LogP contribution in [0.15, 0.2) is 55.1 Å². The molecule has 5 nitrogen and oxygen atoms in total. The van der Waals surface area contributed by atoms with Gasteiger partial charge in [-0.2, -0.15) is 5.10 Å². The van der Waals surface area contributed by atoms with Crippen molar-refractivity contribution in [3.05, 3.63) is 60.3 Å². The van der Waals surface area contributed by atoms with Gasteiger partial charge in [-0.05, 0) is 30.3 Å². The minimum Gasteiger partial charge on any atom is -0.340 e. The third-order valence-electron chi connectivity index (χ3n) is 2.54. The first-order chi connectivity index (χ1) is 9.31. The first-order valence-electron chi connectivity index (χ1n) is 5.66. The summed E-state index contributed by atoms with van der Waals surface area (Å²) in [6, 6.07) is 11.4. The van der Waals surface area contributed by atoms with Crippen molar-refractivity contribution in [3.63, 3.8) is 0 Å². The molecule has 1 aromatic carbocycles. The minimum atomic E-state index is 0.408. The summed E-state index contributed by atoms with van der Waals surface area (Å²) in [6.45, 7) is 0. The van der Waals surface area contributed by atoms with E-state index < -0.39 is 0 Å². The van der Waals surface area contributed by atoms with Crippen molar-refractivity contribution in [1.29, 1.82) is 0 Å². The smallest absolute Gasteiger partial charge is 0.135 e. The number of hydrogen-bond donors (Lipinski definition) is 1. The van der Waals surface area contributed by atoms with E-state index in [2.05, 4.69) is 20.4 Å². The quantitative estimate of drug-likeness (QED) is 0.744. The number of hydrogen-bond acceptors (Lipinski definition) is 4. The van der Waals surface area contributed by atoms with Crippen LogP contribution < -0.4 is 5.32 Å². The number of nitrogens with one attached hydrogen (secondary N) is 1. The van der Waals surface area contributed by atoms with Crippen LogP contribution in [0.1, 0.15) is 0 Å². The highest BCUT2D eigenvalue weighted by Crippen LogP contribution is 2.18. The fourth-order valence-electron chi connectivity index (χ4n) is 1.67. The molecule has 94 valence electrons. The second kappa shape index (κ2) is 5.07. The molecule has 6 heteroatoms. The van der Waals surface area contributed by atoms with Crippen molar-refractivity contribution in [2.75, 3.05) is 5.32 Å². The first kappa shape index (κ1) is 11.7. The summed E-state index contributed by atoms with van der Waals surface area (Å²) in [4.78, 5) is 7.91. The molecule has 0 unspecified atom stereocenters. The van der Waals surface area contributed by atoms with E-state index in [4.69, 9.17) is 11.6 Å². The van der Waals surface area contributed by atoms with Crippen LogP contribution in [0.2, 0.25) is 5.15 Å². The van der Waals surface area contributed by atoms with Gasteiger partial charge in [0.15, 0.2) is 0 Å². The van der Waals surface area contributed by atoms with Gasteiger partial charge in [0, 0.05) is 24.1 Å². The van der Waals surface area contributed by atoms with Crippen LogP contribution in [-0.2, 0) is 0 Å². The summed E-state index contributed by atoms with van der Waals surface area (Å²) in [5, 5.41) is 7.73. The van der Waals surface area contributed by atoms with Crippen LogP contribution in [0, 0.1) is 0 Å². The van der Waals surface area contributed by atoms with Crippen molar-refractivity contribution in [2.45, 2.75) is 0 Å². The van der Waals surface area contributed by atoms with E-state index in [0.29, 0.717) is 11.0 Å². The molecule has 3 rings (SSSR count). The highest BCUT2D eigenvalue weighted by molar-refractivity contribution is 6.29. The van der Waals surface area contributed by atoms with E-state index >= 15 is 0 Å². The number of aromatic nitrogens is 4. The van der Waals surface area contributed by atoms with Crippen molar-refractivity contribution >= 4 is 23.1 Å². The zero-order chi connectivity index (χ0) is 13.1. The fourth-order valence-corrected chi connectivity index (χ4v) is 1.82. The largest absolute Gasteiger partial charge is 0.340 e. The van der Waals surface area contributed by atoms with E-state index in [9.17, 15) is 0 Å². The van der Waals surface area contributed by atoms with Gasteiger partial charge >= 0.3 is 0 Å². The van der Waals surface area contributed by atoms with Crippen LogP contribution in [-0.4, -0.2) is 19.7 Å². The third-order valence-corrected chi connectivity index (χ3v) is 2.75. The van der Waals surface area contributed by atoms with Gasteiger partial charge in [0.2, 0.25) is 0 Å². The van der Waals surface area contributed by atoms with Crippen molar-refractivity contribution in [3.8, 4) is 5.69 Å². The standard InChI is InChI=1S/C13H10ClN5/c14-12-8-13(16-9-15-12)18-10-2-4-11(5-3-10)19-7-1-6-17-19/h1-9H,(H,15,16,18). The predicted molar refractivity (Wildman–Crippen MR) is 73.9 cm³/mol. The number of benzene rings is 1. The lowest BCUT2D eigenvalue weighted by Crippen LogP contribution is -1.96. The maximum absolute atomic E-state index is 5.80. The molecule has 0 aliphatic heterocycles. The Morgan fingerprint density at radius 2 is 1.95 bits per heavy atom. The summed E-state index contributed by atoms with van der Waals surface area (Å²) in [7, 11) is 0. The minimum absolute atomic E-state index is 0.408. The topological polar surface area (TPSA) is 55.6 Å². The van der Waals surface area contributed by atoms with Gasteiger partial charge in [-0.25, -0.2) is 14.6 Å². The zero-order valence-corrected chi connectivity index (χ0v) is 10.6. The molecule has 0 aliphatic rings. The van der Waals surface area contributed by atoms with Gasteiger partial charge in [0.1, 0.15) is 17.3 Å². The average Bonchev–Trinajstić information content (AvgIpc) is 2.94. The number of anilines is 2. The lowest BCUT2D eigenvalue weighted by atomic mass is 10.3. The normalized spacial score (nSPS) is 10.4. The molecule has 3 aromatic rings. The Labute approximate surface area is 114 Å². The van der Waals surface area contributed by atoms with Crippen molar-refractivity contribution in [2.24, 2.45) is 0 Å². The Bertz CT molecular complexity index is 664. The molecule has 0 saturated heterocycles. The van der Waals surface area contributed by atoms with Gasteiger partial charge < -0.3 is 5.32 Å². The monoisotopic (exact) mass is 271 g/mol. The van der Waals surface area contributed by atoms with Gasteiger partial charge in [-0.15, -0.1) is 0 Å². The van der Waals surface area contributed by atoms with Gasteiger partial charge in [-0.3, -0.25) is 0 Å². The molecule has 0 atom stereocenters. The van der Waals surface area contributed by atoms with Crippen LogP contribution in [0.4, 0.5) is 11.5 Å². The Hall–Kier alpha value is -2.40. The van der Waals surface area contributed by atoms with E-state index in [0.717, 1.165) is 11.4 Å². The predicted octanol–water partition coefficient (Wildman–Crippen LogP) is 3.06. The van der Waals surface area contributed by atoms with Crippen LogP contribution in [0.3, 0.4) is 0 Å². The molecular formula is C13H10ClN5. The lowest BCUT2D eigenvalue weighted by molar-refractivity contribution is 0.881. The maximum atomic E-state index is 5.80. The maximum Gasteiger partial charge on any atom is 0.135 e. The average molecular weight is 272 g/mol. The first-order valence-corrected chi connectivity index (χ1v) is 6.04. The SMILES string of the molecule is Clc1cc(Nc2ccc(-n3cccn3)cc2)ncn1. The summed E-state index contributed by atoms with van der Waals surface area (Å²) < 4.78 is 1.80. The second-order valence-corrected chi connectivity index (χ2v) is 4.24. The third kappa shape index (κ3) is 2.71. The molecular weight excluding hydrogens is 262 g/mol. The van der Waals surface area contributed by atoms with E-state index in [1.54, 1.807) is 16.9 Å². The summed E-state index contributed by atoms with van der Waals surface area (Å²) >= 11 is 5.80. The molecule has 1 N–H and O–H groups in total. The summed E-state index contributed by atoms with van der Waals surface area (Å²) in [6.07, 6.45) is 5.06. The lowest BCUT2D eigenvalue weighted by Gasteiger charge is -2.06. The molecule has 0 spiro atoms. The molecule has 2 heterocycles. The van der Waals surface area contributed by atoms with Crippen LogP contribution in [0.5, 0.6) is 0 Å². The number of nitrogens with zero attached hydrogens (tertiary/aromatic N) is 4. The highest BCUT2D eigenvalue weighted by Gasteiger charge is 1.99. The Kier molecular flexibility index (Phi) is 3.12. The fraction of sp³-hybridized carbons (Fsp3) is 0. The Morgan fingerprint density at radius 1 is 1.11 bits per heavy atom. The molecule has 19 heavy (non-hydrogen) atoms. The molecule has 0 bridgehead atoms. The Morgan fingerprint density at radius 3 is 2.63 bits per heavy atom. The molecule has 0 aliphatic carbocycles. The van der Waals surface area contributed by atoms with Crippen LogP contribution >= 0.6 is 11.6 Å². The van der Waals surface area contributed by atoms with E-state index in [1.165, 1.54) is 6.33 Å². The highest BCUT2D eigenvalue weighted by atomic mass is 35.5. The number of halogens is 1. The van der Waals surface area contributed by atoms with Crippen molar-refractivity contribution < 1.29 is 0 Å². The van der Waals surface area contributed by atoms with Gasteiger partial charge in [0.05, 0.1) is 5.69 Å².